The van der Waals surface area contributed by atoms with E-state index in [9.17, 15) is 0 Å². The van der Waals surface area contributed by atoms with Crippen molar-refractivity contribution in [3.63, 3.8) is 0 Å². The summed E-state index contributed by atoms with van der Waals surface area (Å²) in [4.78, 5) is 1.59. The maximum Gasteiger partial charge on any atom is 0.215 e. The number of hydrogen-bond acceptors (Lipinski definition) is 3. The van der Waals surface area contributed by atoms with Crippen LogP contribution < -0.4 is 9.47 Å². The summed E-state index contributed by atoms with van der Waals surface area (Å²) >= 11 is 1.94. The molecule has 0 unspecified atom stereocenters. The Morgan fingerprint density at radius 2 is 1.71 bits per heavy atom. The minimum Gasteiger partial charge on any atom is -0.493 e. The number of likely N-dealkylation sites (N-methyl/N-ethyl adjacent to an activating group) is 1. The van der Waals surface area contributed by atoms with Gasteiger partial charge in [0.25, 0.3) is 0 Å². The summed E-state index contributed by atoms with van der Waals surface area (Å²) in [5, 5.41) is 2.37. The molecule has 0 N–H and O–H groups in total. The number of nitrogens with zero attached hydrogens (tertiary/aromatic N) is 1. The number of methoxy groups -OCH3 is 2. The Labute approximate surface area is 147 Å². The van der Waals surface area contributed by atoms with Crippen LogP contribution in [0, 0.1) is 0 Å². The van der Waals surface area contributed by atoms with Crippen LogP contribution in [-0.2, 0) is 19.3 Å². The molecule has 4 heteroatoms. The molecule has 4 rings (SSSR count). The van der Waals surface area contributed by atoms with Gasteiger partial charge in [0.05, 0.1) is 25.3 Å². The first kappa shape index (κ1) is 15.7. The second-order valence-corrected chi connectivity index (χ2v) is 7.61. The average molecular weight is 342 g/mol. The Balaban J connectivity index is 1.89. The van der Waals surface area contributed by atoms with Crippen LogP contribution >= 0.6 is 11.3 Å². The van der Waals surface area contributed by atoms with E-state index in [1.54, 1.807) is 24.7 Å². The summed E-state index contributed by atoms with van der Waals surface area (Å²) < 4.78 is 13.5. The lowest BCUT2D eigenvalue weighted by Crippen LogP contribution is -2.29. The fourth-order valence-electron chi connectivity index (χ4n) is 4.00. The first-order valence-electron chi connectivity index (χ1n) is 8.66. The Kier molecular flexibility index (Phi) is 4.09. The first-order chi connectivity index (χ1) is 11.7. The van der Waals surface area contributed by atoms with Crippen molar-refractivity contribution in [2.45, 2.75) is 32.1 Å². The predicted octanol–water partition coefficient (Wildman–Crippen LogP) is 3.68. The number of benzene rings is 1. The molecule has 0 amide bonds. The van der Waals surface area contributed by atoms with Crippen molar-refractivity contribution in [3.05, 3.63) is 44.6 Å². The molecule has 0 atom stereocenters. The standard InChI is InChI=1S/C20H24NO2S/c1-21-9-8-13-10-17(22-2)18(23-3)11-15(13)20(21)16-12-24-19-7-5-4-6-14(16)19/h10-12H,4-9H2,1-3H3/q+1. The Morgan fingerprint density at radius 1 is 0.958 bits per heavy atom. The second-order valence-electron chi connectivity index (χ2n) is 6.64. The summed E-state index contributed by atoms with van der Waals surface area (Å²) in [5.74, 6) is 1.64. The quantitative estimate of drug-likeness (QED) is 0.794. The van der Waals surface area contributed by atoms with Crippen LogP contribution in [0.1, 0.15) is 40.0 Å². The Hall–Kier alpha value is -1.81. The highest BCUT2D eigenvalue weighted by Gasteiger charge is 2.31. The highest BCUT2D eigenvalue weighted by atomic mass is 32.1. The molecule has 0 fully saturated rings. The predicted molar refractivity (Wildman–Crippen MR) is 98.5 cm³/mol. The third-order valence-corrected chi connectivity index (χ3v) is 6.37. The van der Waals surface area contributed by atoms with Gasteiger partial charge < -0.3 is 9.47 Å². The van der Waals surface area contributed by atoms with Crippen LogP contribution in [0.3, 0.4) is 0 Å². The van der Waals surface area contributed by atoms with Crippen LogP contribution in [-0.4, -0.2) is 38.1 Å². The number of hydrogen-bond donors (Lipinski definition) is 0. The summed E-state index contributed by atoms with van der Waals surface area (Å²) in [7, 11) is 5.63. The number of thiophene rings is 1. The van der Waals surface area contributed by atoms with Gasteiger partial charge in [-0.1, -0.05) is 0 Å². The number of rotatable bonds is 3. The third-order valence-electron chi connectivity index (χ3n) is 5.28. The van der Waals surface area contributed by atoms with Gasteiger partial charge in [-0.05, 0) is 48.9 Å². The summed E-state index contributed by atoms with van der Waals surface area (Å²) in [6, 6.07) is 4.31. The largest absolute Gasteiger partial charge is 0.493 e. The van der Waals surface area contributed by atoms with Crippen LogP contribution in [0.4, 0.5) is 0 Å². The van der Waals surface area contributed by atoms with E-state index in [1.165, 1.54) is 48.1 Å². The highest BCUT2D eigenvalue weighted by Crippen LogP contribution is 2.36. The van der Waals surface area contributed by atoms with Gasteiger partial charge in [-0.15, -0.1) is 11.3 Å². The molecule has 2 aliphatic rings. The molecule has 1 aliphatic heterocycles. The van der Waals surface area contributed by atoms with E-state index in [0.717, 1.165) is 24.5 Å². The monoisotopic (exact) mass is 342 g/mol. The van der Waals surface area contributed by atoms with Crippen molar-refractivity contribution in [1.29, 1.82) is 0 Å². The third kappa shape index (κ3) is 2.44. The molecule has 0 saturated carbocycles. The van der Waals surface area contributed by atoms with Crippen molar-refractivity contribution >= 4 is 17.0 Å². The Bertz CT molecular complexity index is 819. The van der Waals surface area contributed by atoms with Gasteiger partial charge in [-0.2, -0.15) is 0 Å². The molecule has 0 saturated heterocycles. The Morgan fingerprint density at radius 3 is 2.50 bits per heavy atom. The molecule has 2 aromatic rings. The molecule has 1 aromatic heterocycles. The fourth-order valence-corrected chi connectivity index (χ4v) is 5.13. The normalized spacial score (nSPS) is 16.6. The van der Waals surface area contributed by atoms with E-state index in [4.69, 9.17) is 9.47 Å². The van der Waals surface area contributed by atoms with Crippen molar-refractivity contribution < 1.29 is 14.0 Å². The molecule has 0 bridgehead atoms. The van der Waals surface area contributed by atoms with Crippen LogP contribution in [0.5, 0.6) is 11.5 Å². The van der Waals surface area contributed by atoms with Gasteiger partial charge in [0.2, 0.25) is 5.71 Å². The molecule has 0 spiro atoms. The SMILES string of the molecule is COc1cc2c(cc1OC)C(c1csc3c1CCCC3)=[N+](C)CC2. The number of ether oxygens (including phenoxy) is 2. The molecule has 2 heterocycles. The van der Waals surface area contributed by atoms with E-state index in [0.29, 0.717) is 0 Å². The van der Waals surface area contributed by atoms with Crippen LogP contribution in [0.25, 0.3) is 0 Å². The van der Waals surface area contributed by atoms with Crippen molar-refractivity contribution in [2.75, 3.05) is 27.8 Å². The molecule has 126 valence electrons. The van der Waals surface area contributed by atoms with Crippen LogP contribution in [0.15, 0.2) is 17.5 Å². The summed E-state index contributed by atoms with van der Waals surface area (Å²) in [6.45, 7) is 1.04. The fraction of sp³-hybridized carbons (Fsp3) is 0.450. The maximum atomic E-state index is 5.56. The zero-order valence-corrected chi connectivity index (χ0v) is 15.5. The topological polar surface area (TPSA) is 21.5 Å². The minimum absolute atomic E-state index is 0.813. The van der Waals surface area contributed by atoms with Gasteiger partial charge >= 0.3 is 0 Å². The number of aryl methyl sites for hydroxylation is 1. The van der Waals surface area contributed by atoms with Gasteiger partial charge in [-0.25, -0.2) is 4.58 Å². The van der Waals surface area contributed by atoms with E-state index >= 15 is 0 Å². The molecule has 0 radical (unpaired) electrons. The lowest BCUT2D eigenvalue weighted by molar-refractivity contribution is -0.497. The molecule has 3 nitrogen and oxygen atoms in total. The van der Waals surface area contributed by atoms with Crippen molar-refractivity contribution in [2.24, 2.45) is 0 Å². The highest BCUT2D eigenvalue weighted by molar-refractivity contribution is 7.10. The molecule has 1 aliphatic carbocycles. The maximum absolute atomic E-state index is 5.56. The van der Waals surface area contributed by atoms with Gasteiger partial charge in [0.15, 0.2) is 11.5 Å². The lowest BCUT2D eigenvalue weighted by atomic mass is 9.88. The van der Waals surface area contributed by atoms with E-state index in [1.807, 2.05) is 11.3 Å². The average Bonchev–Trinajstić information content (AvgIpc) is 3.04. The lowest BCUT2D eigenvalue weighted by Gasteiger charge is -2.20. The van der Waals surface area contributed by atoms with Gasteiger partial charge in [0, 0.05) is 16.7 Å². The number of fused-ring (bicyclic) bond motifs is 2. The molecular formula is C20H24NO2S+. The van der Waals surface area contributed by atoms with E-state index in [2.05, 4.69) is 29.1 Å². The van der Waals surface area contributed by atoms with Crippen molar-refractivity contribution in [3.8, 4) is 11.5 Å². The van der Waals surface area contributed by atoms with Crippen molar-refractivity contribution in [1.82, 2.24) is 0 Å². The zero-order valence-electron chi connectivity index (χ0n) is 14.6. The second kappa shape index (κ2) is 6.25. The van der Waals surface area contributed by atoms with Gasteiger partial charge in [0.1, 0.15) is 13.6 Å². The molecule has 1 aromatic carbocycles. The molecular weight excluding hydrogens is 318 g/mol. The van der Waals surface area contributed by atoms with Crippen LogP contribution in [0.2, 0.25) is 0 Å². The summed E-state index contributed by atoms with van der Waals surface area (Å²) in [6.07, 6.45) is 6.15. The minimum atomic E-state index is 0.813. The molecule has 24 heavy (non-hydrogen) atoms. The van der Waals surface area contributed by atoms with E-state index < -0.39 is 0 Å². The van der Waals surface area contributed by atoms with E-state index in [-0.39, 0.29) is 0 Å². The first-order valence-corrected chi connectivity index (χ1v) is 9.54. The summed E-state index contributed by atoms with van der Waals surface area (Å²) in [5.41, 5.74) is 7.03. The zero-order chi connectivity index (χ0) is 16.7. The smallest absolute Gasteiger partial charge is 0.215 e. The van der Waals surface area contributed by atoms with Gasteiger partial charge in [-0.3, -0.25) is 0 Å².